The number of pyridine rings is 1. The molecule has 2 N–H and O–H groups in total. The number of amides is 2. The first-order valence-electron chi connectivity index (χ1n) is 9.59. The maximum absolute atomic E-state index is 12.6. The third-order valence-electron chi connectivity index (χ3n) is 4.37. The topological polar surface area (TPSA) is 89.4 Å². The number of rotatable bonds is 8. The Morgan fingerprint density at radius 2 is 1.65 bits per heavy atom. The van der Waals surface area contributed by atoms with Gasteiger partial charge in [-0.15, -0.1) is 13.2 Å². The smallest absolute Gasteiger partial charge is 0.406 e. The molecule has 7 nitrogen and oxygen atoms in total. The average Bonchev–Trinajstić information content (AvgIpc) is 2.70. The van der Waals surface area contributed by atoms with Crippen LogP contribution < -0.4 is 20.8 Å². The summed E-state index contributed by atoms with van der Waals surface area (Å²) in [5, 5.41) is 4.94. The molecule has 168 valence electrons. The summed E-state index contributed by atoms with van der Waals surface area (Å²) in [6, 6.07) is 4.98. The Kier molecular flexibility index (Phi) is 7.84. The monoisotopic (exact) mass is 439 g/mol. The second kappa shape index (κ2) is 10.1. The molecule has 2 amide bonds. The molecule has 0 spiro atoms. The number of hydrogen-bond acceptors (Lipinski definition) is 4. The van der Waals surface area contributed by atoms with Crippen LogP contribution in [0.1, 0.15) is 46.5 Å². The summed E-state index contributed by atoms with van der Waals surface area (Å²) in [5.41, 5.74) is -0.536. The summed E-state index contributed by atoms with van der Waals surface area (Å²) in [5.74, 6) is -1.29. The predicted molar refractivity (Wildman–Crippen MR) is 108 cm³/mol. The second-order valence-electron chi connectivity index (χ2n) is 7.29. The van der Waals surface area contributed by atoms with Crippen molar-refractivity contribution < 1.29 is 27.5 Å². The largest absolute Gasteiger partial charge is 0.573 e. The Labute approximate surface area is 177 Å². The van der Waals surface area contributed by atoms with Gasteiger partial charge in [-0.1, -0.05) is 26.0 Å². The summed E-state index contributed by atoms with van der Waals surface area (Å²) < 4.78 is 42.1. The number of halogens is 3. The van der Waals surface area contributed by atoms with Crippen LogP contribution in [-0.2, 0) is 13.1 Å². The van der Waals surface area contributed by atoms with Gasteiger partial charge in [-0.05, 0) is 30.0 Å². The van der Waals surface area contributed by atoms with E-state index in [9.17, 15) is 27.6 Å². The van der Waals surface area contributed by atoms with Gasteiger partial charge in [-0.2, -0.15) is 0 Å². The molecule has 1 aromatic carbocycles. The van der Waals surface area contributed by atoms with Crippen molar-refractivity contribution in [2.75, 3.05) is 7.05 Å². The van der Waals surface area contributed by atoms with Crippen molar-refractivity contribution in [2.45, 2.75) is 39.7 Å². The number of carbonyl (C=O) groups is 2. The van der Waals surface area contributed by atoms with E-state index in [-0.39, 0.29) is 23.4 Å². The number of ether oxygens (including phenoxy) is 1. The average molecular weight is 439 g/mol. The maximum atomic E-state index is 12.6. The zero-order chi connectivity index (χ0) is 23.2. The predicted octanol–water partition coefficient (Wildman–Crippen LogP) is 3.08. The number of alkyl halides is 3. The van der Waals surface area contributed by atoms with Crippen LogP contribution in [0.2, 0.25) is 0 Å². The van der Waals surface area contributed by atoms with E-state index < -0.39 is 23.6 Å². The summed E-state index contributed by atoms with van der Waals surface area (Å²) in [4.78, 5) is 37.3. The summed E-state index contributed by atoms with van der Waals surface area (Å²) in [6.45, 7) is 4.55. The van der Waals surface area contributed by atoms with Crippen molar-refractivity contribution in [3.8, 4) is 5.75 Å². The van der Waals surface area contributed by atoms with Gasteiger partial charge in [-0.25, -0.2) is 0 Å². The Hall–Kier alpha value is -3.30. The zero-order valence-corrected chi connectivity index (χ0v) is 17.4. The molecule has 0 saturated heterocycles. The van der Waals surface area contributed by atoms with Gasteiger partial charge in [0.25, 0.3) is 11.8 Å². The lowest BCUT2D eigenvalue weighted by atomic mass is 10.1. The highest BCUT2D eigenvalue weighted by atomic mass is 19.4. The Balaban J connectivity index is 2.18. The lowest BCUT2D eigenvalue weighted by Gasteiger charge is -2.13. The van der Waals surface area contributed by atoms with E-state index in [1.54, 1.807) is 4.57 Å². The Morgan fingerprint density at radius 3 is 2.16 bits per heavy atom. The SMILES string of the molecule is CNC(=O)c1cn(CCC(C)C)cc(C(=O)NCc2ccc(OC(F)(F)F)cc2)c1=O. The molecule has 2 rings (SSSR count). The fourth-order valence-corrected chi connectivity index (χ4v) is 2.71. The van der Waals surface area contributed by atoms with Gasteiger partial charge in [0.05, 0.1) is 0 Å². The second-order valence-corrected chi connectivity index (χ2v) is 7.29. The number of carbonyl (C=O) groups excluding carboxylic acids is 2. The molecule has 1 heterocycles. The highest BCUT2D eigenvalue weighted by Crippen LogP contribution is 2.22. The third-order valence-corrected chi connectivity index (χ3v) is 4.37. The number of aryl methyl sites for hydroxylation is 1. The maximum Gasteiger partial charge on any atom is 0.573 e. The highest BCUT2D eigenvalue weighted by Gasteiger charge is 2.31. The summed E-state index contributed by atoms with van der Waals surface area (Å²) >= 11 is 0. The summed E-state index contributed by atoms with van der Waals surface area (Å²) in [7, 11) is 1.39. The van der Waals surface area contributed by atoms with E-state index >= 15 is 0 Å². The van der Waals surface area contributed by atoms with Gasteiger partial charge in [-0.3, -0.25) is 14.4 Å². The lowest BCUT2D eigenvalue weighted by Crippen LogP contribution is -2.34. The van der Waals surface area contributed by atoms with Crippen LogP contribution >= 0.6 is 0 Å². The first-order valence-corrected chi connectivity index (χ1v) is 9.59. The van der Waals surface area contributed by atoms with E-state index in [1.807, 2.05) is 13.8 Å². The van der Waals surface area contributed by atoms with Crippen molar-refractivity contribution in [2.24, 2.45) is 5.92 Å². The van der Waals surface area contributed by atoms with E-state index in [1.165, 1.54) is 31.6 Å². The number of benzene rings is 1. The zero-order valence-electron chi connectivity index (χ0n) is 17.4. The Bertz CT molecular complexity index is 983. The minimum absolute atomic E-state index is 0.0270. The molecule has 0 bridgehead atoms. The minimum atomic E-state index is -4.79. The molecule has 0 saturated carbocycles. The lowest BCUT2D eigenvalue weighted by molar-refractivity contribution is -0.274. The van der Waals surface area contributed by atoms with Gasteiger partial charge in [0, 0.05) is 32.5 Å². The van der Waals surface area contributed by atoms with Crippen LogP contribution in [0.5, 0.6) is 5.75 Å². The van der Waals surface area contributed by atoms with Crippen molar-refractivity contribution in [1.82, 2.24) is 15.2 Å². The third kappa shape index (κ3) is 7.16. The molecule has 0 aliphatic carbocycles. The molecule has 0 aliphatic heterocycles. The van der Waals surface area contributed by atoms with Gasteiger partial charge in [0.1, 0.15) is 16.9 Å². The molecule has 0 aliphatic rings. The number of hydrogen-bond donors (Lipinski definition) is 2. The van der Waals surface area contributed by atoms with Crippen LogP contribution in [-0.4, -0.2) is 29.8 Å². The van der Waals surface area contributed by atoms with Crippen LogP contribution in [0, 0.1) is 5.92 Å². The summed E-state index contributed by atoms with van der Waals surface area (Å²) in [6.07, 6.45) is -1.20. The molecule has 0 radical (unpaired) electrons. The molecule has 31 heavy (non-hydrogen) atoms. The van der Waals surface area contributed by atoms with Crippen LogP contribution in [0.25, 0.3) is 0 Å². The van der Waals surface area contributed by atoms with E-state index in [4.69, 9.17) is 0 Å². The standard InChI is InChI=1S/C21H24F3N3O4/c1-13(2)8-9-27-11-16(19(29)25-3)18(28)17(12-27)20(30)26-10-14-4-6-15(7-5-14)31-21(22,23)24/h4-7,11-13H,8-10H2,1-3H3,(H,25,29)(H,26,30). The highest BCUT2D eigenvalue weighted by molar-refractivity contribution is 5.99. The fourth-order valence-electron chi connectivity index (χ4n) is 2.71. The molecule has 0 atom stereocenters. The first kappa shape index (κ1) is 24.0. The van der Waals surface area contributed by atoms with Crippen LogP contribution in [0.15, 0.2) is 41.5 Å². The molecule has 2 aromatic rings. The van der Waals surface area contributed by atoms with Crippen LogP contribution in [0.3, 0.4) is 0 Å². The van der Waals surface area contributed by atoms with Crippen LogP contribution in [0.4, 0.5) is 13.2 Å². The molecule has 0 unspecified atom stereocenters. The van der Waals surface area contributed by atoms with Crippen molar-refractivity contribution >= 4 is 11.8 Å². The van der Waals surface area contributed by atoms with Gasteiger partial charge in [0.2, 0.25) is 5.43 Å². The molecular formula is C21H24F3N3O4. The van der Waals surface area contributed by atoms with Crippen molar-refractivity contribution in [3.63, 3.8) is 0 Å². The van der Waals surface area contributed by atoms with Crippen molar-refractivity contribution in [3.05, 3.63) is 63.6 Å². The van der Waals surface area contributed by atoms with E-state index in [0.717, 1.165) is 18.6 Å². The van der Waals surface area contributed by atoms with Crippen molar-refractivity contribution in [1.29, 1.82) is 0 Å². The number of nitrogens with one attached hydrogen (secondary N) is 2. The van der Waals surface area contributed by atoms with E-state index in [2.05, 4.69) is 15.4 Å². The molecular weight excluding hydrogens is 415 g/mol. The Morgan fingerprint density at radius 1 is 1.06 bits per heavy atom. The molecule has 0 fully saturated rings. The van der Waals surface area contributed by atoms with Gasteiger partial charge in [0.15, 0.2) is 0 Å². The normalized spacial score (nSPS) is 11.3. The quantitative estimate of drug-likeness (QED) is 0.662. The fraction of sp³-hybridized carbons (Fsp3) is 0.381. The molecule has 1 aromatic heterocycles. The number of aromatic nitrogens is 1. The first-order chi connectivity index (χ1) is 14.5. The molecule has 10 heteroatoms. The number of nitrogens with zero attached hydrogens (tertiary/aromatic N) is 1. The van der Waals surface area contributed by atoms with E-state index in [0.29, 0.717) is 18.0 Å². The van der Waals surface area contributed by atoms with Gasteiger partial charge >= 0.3 is 6.36 Å². The van der Waals surface area contributed by atoms with Gasteiger partial charge < -0.3 is 19.9 Å². The minimum Gasteiger partial charge on any atom is -0.406 e.